The van der Waals surface area contributed by atoms with Gasteiger partial charge in [-0.2, -0.15) is 0 Å². The molecule has 0 heterocycles. The lowest BCUT2D eigenvalue weighted by atomic mass is 10.2. The summed E-state index contributed by atoms with van der Waals surface area (Å²) < 4.78 is 17.5. The fourth-order valence-electron chi connectivity index (χ4n) is 0.701. The van der Waals surface area contributed by atoms with Gasteiger partial charge in [0.2, 0.25) is 0 Å². The van der Waals surface area contributed by atoms with Crippen molar-refractivity contribution in [1.82, 2.24) is 0 Å². The summed E-state index contributed by atoms with van der Waals surface area (Å²) in [7, 11) is 1.52. The van der Waals surface area contributed by atoms with Crippen molar-refractivity contribution >= 4 is 0 Å². The second-order valence-corrected chi connectivity index (χ2v) is 2.12. The molecule has 1 rings (SSSR count). The van der Waals surface area contributed by atoms with Crippen molar-refractivity contribution in [2.75, 3.05) is 7.11 Å². The molecule has 0 N–H and O–H groups in total. The molecule has 1 aromatic rings. The molecule has 0 aromatic heterocycles. The molecule has 0 aliphatic heterocycles. The van der Waals surface area contributed by atoms with E-state index in [1.165, 1.54) is 13.2 Å². The molecule has 0 atom stereocenters. The third kappa shape index (κ3) is 2.91. The summed E-state index contributed by atoms with van der Waals surface area (Å²) in [4.78, 5) is 0. The molecule has 0 aliphatic rings. The SMILES string of the molecule is CC.COc1ccc(C)c(F)c1. The Hall–Kier alpha value is -1.05. The highest BCUT2D eigenvalue weighted by Crippen LogP contribution is 2.14. The number of ether oxygens (including phenoxy) is 1. The average Bonchev–Trinajstić information content (AvgIpc) is 2.13. The molecule has 2 heteroatoms. The molecule has 12 heavy (non-hydrogen) atoms. The molecular weight excluding hydrogens is 155 g/mol. The van der Waals surface area contributed by atoms with Gasteiger partial charge in [0.25, 0.3) is 0 Å². The smallest absolute Gasteiger partial charge is 0.129 e. The second-order valence-electron chi connectivity index (χ2n) is 2.12. The van der Waals surface area contributed by atoms with Crippen LogP contribution in [0.1, 0.15) is 19.4 Å². The Morgan fingerprint density at radius 3 is 2.25 bits per heavy atom. The fourth-order valence-corrected chi connectivity index (χ4v) is 0.701. The number of benzene rings is 1. The Morgan fingerprint density at radius 2 is 1.83 bits per heavy atom. The lowest BCUT2D eigenvalue weighted by Gasteiger charge is -1.99. The molecule has 0 saturated heterocycles. The summed E-state index contributed by atoms with van der Waals surface area (Å²) in [6.07, 6.45) is 0. The third-order valence-electron chi connectivity index (χ3n) is 1.38. The molecule has 0 saturated carbocycles. The zero-order chi connectivity index (χ0) is 9.56. The average molecular weight is 170 g/mol. The summed E-state index contributed by atoms with van der Waals surface area (Å²) >= 11 is 0. The predicted octanol–water partition coefficient (Wildman–Crippen LogP) is 3.17. The van der Waals surface area contributed by atoms with E-state index in [4.69, 9.17) is 4.74 Å². The minimum Gasteiger partial charge on any atom is -0.497 e. The van der Waals surface area contributed by atoms with Crippen LogP contribution in [0.3, 0.4) is 0 Å². The van der Waals surface area contributed by atoms with Crippen LogP contribution in [-0.4, -0.2) is 7.11 Å². The molecule has 0 spiro atoms. The molecule has 1 aromatic carbocycles. The highest BCUT2D eigenvalue weighted by Gasteiger charge is 1.96. The minimum absolute atomic E-state index is 0.223. The van der Waals surface area contributed by atoms with Crippen molar-refractivity contribution in [3.8, 4) is 5.75 Å². The van der Waals surface area contributed by atoms with Crippen LogP contribution < -0.4 is 4.74 Å². The lowest BCUT2D eigenvalue weighted by molar-refractivity contribution is 0.411. The minimum atomic E-state index is -0.223. The van der Waals surface area contributed by atoms with Gasteiger partial charge in [0, 0.05) is 6.07 Å². The summed E-state index contributed by atoms with van der Waals surface area (Å²) in [5.74, 6) is 0.336. The van der Waals surface area contributed by atoms with Gasteiger partial charge < -0.3 is 4.74 Å². The van der Waals surface area contributed by atoms with Crippen molar-refractivity contribution in [2.24, 2.45) is 0 Å². The Bertz CT molecular complexity index is 233. The van der Waals surface area contributed by atoms with Crippen molar-refractivity contribution < 1.29 is 9.13 Å². The first kappa shape index (κ1) is 11.0. The Kier molecular flexibility index (Phi) is 5.09. The lowest BCUT2D eigenvalue weighted by Crippen LogP contribution is -1.85. The van der Waals surface area contributed by atoms with Gasteiger partial charge >= 0.3 is 0 Å². The number of halogens is 1. The van der Waals surface area contributed by atoms with Crippen LogP contribution in [0.4, 0.5) is 4.39 Å². The van der Waals surface area contributed by atoms with E-state index in [9.17, 15) is 4.39 Å². The zero-order valence-corrected chi connectivity index (χ0v) is 8.02. The first-order valence-electron chi connectivity index (χ1n) is 4.04. The largest absolute Gasteiger partial charge is 0.497 e. The van der Waals surface area contributed by atoms with E-state index in [1.54, 1.807) is 19.1 Å². The molecular formula is C10H15FO. The van der Waals surface area contributed by atoms with E-state index in [2.05, 4.69) is 0 Å². The molecule has 0 unspecified atom stereocenters. The molecule has 1 nitrogen and oxygen atoms in total. The van der Waals surface area contributed by atoms with Gasteiger partial charge in [-0.15, -0.1) is 0 Å². The summed E-state index contributed by atoms with van der Waals surface area (Å²) in [5, 5.41) is 0. The first-order valence-corrected chi connectivity index (χ1v) is 4.04. The normalized spacial score (nSPS) is 8.42. The van der Waals surface area contributed by atoms with E-state index in [0.717, 1.165) is 0 Å². The monoisotopic (exact) mass is 170 g/mol. The van der Waals surface area contributed by atoms with Crippen molar-refractivity contribution in [3.05, 3.63) is 29.6 Å². The van der Waals surface area contributed by atoms with Gasteiger partial charge in [-0.05, 0) is 18.6 Å². The van der Waals surface area contributed by atoms with Gasteiger partial charge in [-0.3, -0.25) is 0 Å². The summed E-state index contributed by atoms with van der Waals surface area (Å²) in [6.45, 7) is 5.72. The third-order valence-corrected chi connectivity index (χ3v) is 1.38. The van der Waals surface area contributed by atoms with Crippen LogP contribution >= 0.6 is 0 Å². The fraction of sp³-hybridized carbons (Fsp3) is 0.400. The number of hydrogen-bond acceptors (Lipinski definition) is 1. The van der Waals surface area contributed by atoms with Crippen LogP contribution in [0.2, 0.25) is 0 Å². The van der Waals surface area contributed by atoms with Crippen molar-refractivity contribution in [2.45, 2.75) is 20.8 Å². The van der Waals surface area contributed by atoms with Gasteiger partial charge in [-0.25, -0.2) is 4.39 Å². The van der Waals surface area contributed by atoms with Crippen molar-refractivity contribution in [3.63, 3.8) is 0 Å². The zero-order valence-electron chi connectivity index (χ0n) is 8.02. The number of hydrogen-bond donors (Lipinski definition) is 0. The summed E-state index contributed by atoms with van der Waals surface area (Å²) in [6, 6.07) is 4.79. The highest BCUT2D eigenvalue weighted by atomic mass is 19.1. The Balaban J connectivity index is 0.000000561. The molecule has 0 aliphatic carbocycles. The number of methoxy groups -OCH3 is 1. The molecule has 0 amide bonds. The summed E-state index contributed by atoms with van der Waals surface area (Å²) in [5.41, 5.74) is 0.640. The maximum atomic E-state index is 12.7. The van der Waals surface area contributed by atoms with Crippen LogP contribution in [-0.2, 0) is 0 Å². The van der Waals surface area contributed by atoms with E-state index >= 15 is 0 Å². The van der Waals surface area contributed by atoms with Gasteiger partial charge in [-0.1, -0.05) is 19.9 Å². The molecule has 68 valence electrons. The van der Waals surface area contributed by atoms with E-state index < -0.39 is 0 Å². The molecule has 0 fully saturated rings. The second kappa shape index (κ2) is 5.58. The van der Waals surface area contributed by atoms with Crippen LogP contribution in [0.25, 0.3) is 0 Å². The maximum absolute atomic E-state index is 12.7. The highest BCUT2D eigenvalue weighted by molar-refractivity contribution is 5.27. The number of rotatable bonds is 1. The van der Waals surface area contributed by atoms with Crippen LogP contribution in [0, 0.1) is 12.7 Å². The Labute approximate surface area is 73.2 Å². The topological polar surface area (TPSA) is 9.23 Å². The number of aryl methyl sites for hydroxylation is 1. The molecule has 0 bridgehead atoms. The molecule has 0 radical (unpaired) electrons. The van der Waals surface area contributed by atoms with Gasteiger partial charge in [0.05, 0.1) is 7.11 Å². The predicted molar refractivity (Wildman–Crippen MR) is 49.0 cm³/mol. The van der Waals surface area contributed by atoms with Crippen LogP contribution in [0.5, 0.6) is 5.75 Å². The Morgan fingerprint density at radius 1 is 1.25 bits per heavy atom. The maximum Gasteiger partial charge on any atom is 0.129 e. The van der Waals surface area contributed by atoms with E-state index in [1.807, 2.05) is 13.8 Å². The van der Waals surface area contributed by atoms with E-state index in [-0.39, 0.29) is 5.82 Å². The first-order chi connectivity index (χ1) is 5.74. The van der Waals surface area contributed by atoms with Crippen molar-refractivity contribution in [1.29, 1.82) is 0 Å². The van der Waals surface area contributed by atoms with E-state index in [0.29, 0.717) is 11.3 Å². The van der Waals surface area contributed by atoms with Gasteiger partial charge in [0.1, 0.15) is 11.6 Å². The standard InChI is InChI=1S/C8H9FO.C2H6/c1-6-3-4-7(10-2)5-8(6)9;1-2/h3-5H,1-2H3;1-2H3. The quantitative estimate of drug-likeness (QED) is 0.629. The van der Waals surface area contributed by atoms with Gasteiger partial charge in [0.15, 0.2) is 0 Å². The van der Waals surface area contributed by atoms with Crippen LogP contribution in [0.15, 0.2) is 18.2 Å².